The van der Waals surface area contributed by atoms with Crippen molar-refractivity contribution in [2.24, 2.45) is 0 Å². The lowest BCUT2D eigenvalue weighted by atomic mass is 9.75. The molecule has 0 bridgehead atoms. The minimum atomic E-state index is -3.67. The van der Waals surface area contributed by atoms with Gasteiger partial charge in [-0.3, -0.25) is 4.57 Å². The Labute approximate surface area is 144 Å². The van der Waals surface area contributed by atoms with Crippen LogP contribution < -0.4 is 0 Å². The topological polar surface area (TPSA) is 79.5 Å². The lowest BCUT2D eigenvalue weighted by Gasteiger charge is -2.40. The molecule has 0 amide bonds. The number of hydrogen-bond acceptors (Lipinski definition) is 5. The van der Waals surface area contributed by atoms with Gasteiger partial charge in [-0.1, -0.05) is 30.3 Å². The summed E-state index contributed by atoms with van der Waals surface area (Å²) >= 11 is 0. The third-order valence-electron chi connectivity index (χ3n) is 4.69. The highest BCUT2D eigenvalue weighted by molar-refractivity contribution is 7.55. The van der Waals surface area contributed by atoms with E-state index in [0.29, 0.717) is 18.8 Å². The number of benzene rings is 1. The lowest BCUT2D eigenvalue weighted by molar-refractivity contribution is -0.00125. The molecule has 6 heteroatoms. The Morgan fingerprint density at radius 1 is 1.25 bits per heavy atom. The summed E-state index contributed by atoms with van der Waals surface area (Å²) in [4.78, 5) is 0. The fourth-order valence-electron chi connectivity index (χ4n) is 3.48. The monoisotopic (exact) mass is 351 g/mol. The molecular formula is C18H26NO4P. The minimum absolute atomic E-state index is 0.179. The van der Waals surface area contributed by atoms with Gasteiger partial charge in [0.05, 0.1) is 24.9 Å². The van der Waals surface area contributed by atoms with Crippen molar-refractivity contribution < 1.29 is 18.7 Å². The molecular weight excluding hydrogens is 325 g/mol. The smallest absolute Gasteiger partial charge is 0.350 e. The average molecular weight is 351 g/mol. The summed E-state index contributed by atoms with van der Waals surface area (Å²) in [6, 6.07) is 12.2. The highest BCUT2D eigenvalue weighted by atomic mass is 31.2. The Balaban J connectivity index is 2.15. The van der Waals surface area contributed by atoms with E-state index >= 15 is 0 Å². The number of aliphatic hydroxyl groups is 1. The van der Waals surface area contributed by atoms with E-state index in [1.54, 1.807) is 13.8 Å². The molecule has 5 nitrogen and oxygen atoms in total. The van der Waals surface area contributed by atoms with Gasteiger partial charge in [-0.05, 0) is 51.0 Å². The molecule has 0 aromatic heterocycles. The molecule has 0 radical (unpaired) electrons. The second kappa shape index (κ2) is 8.27. The van der Waals surface area contributed by atoms with Crippen molar-refractivity contribution in [3.63, 3.8) is 0 Å². The quantitative estimate of drug-likeness (QED) is 0.744. The van der Waals surface area contributed by atoms with Crippen LogP contribution in [0.5, 0.6) is 0 Å². The molecule has 1 N–H and O–H groups in total. The van der Waals surface area contributed by atoms with Gasteiger partial charge < -0.3 is 14.2 Å². The zero-order valence-corrected chi connectivity index (χ0v) is 15.2. The van der Waals surface area contributed by atoms with E-state index in [4.69, 9.17) is 9.05 Å². The van der Waals surface area contributed by atoms with Crippen LogP contribution in [0, 0.1) is 11.3 Å². The Kier molecular flexibility index (Phi) is 6.60. The molecule has 1 saturated carbocycles. The van der Waals surface area contributed by atoms with Crippen LogP contribution in [0.1, 0.15) is 51.0 Å². The Bertz CT molecular complexity index is 595. The van der Waals surface area contributed by atoms with Crippen molar-refractivity contribution in [1.82, 2.24) is 0 Å². The number of nitrogens with zero attached hydrogens (tertiary/aromatic N) is 1. The van der Waals surface area contributed by atoms with Crippen molar-refractivity contribution in [1.29, 1.82) is 5.26 Å². The second-order valence-corrected chi connectivity index (χ2v) is 8.31. The molecule has 0 aliphatic heterocycles. The Morgan fingerprint density at radius 2 is 1.79 bits per heavy atom. The van der Waals surface area contributed by atoms with Crippen molar-refractivity contribution in [3.05, 3.63) is 35.9 Å². The summed E-state index contributed by atoms with van der Waals surface area (Å²) in [6.45, 7) is 3.77. The number of nitriles is 1. The molecule has 1 aromatic carbocycles. The SMILES string of the molecule is CCOP(=O)(OCC)C(C#N)C1(O)CCC(c2ccccc2)CC1. The predicted molar refractivity (Wildman–Crippen MR) is 92.9 cm³/mol. The largest absolute Gasteiger partial charge is 0.388 e. The van der Waals surface area contributed by atoms with Crippen molar-refractivity contribution in [2.75, 3.05) is 13.2 Å². The zero-order chi connectivity index (χ0) is 17.6. The van der Waals surface area contributed by atoms with Gasteiger partial charge in [0.2, 0.25) is 0 Å². The van der Waals surface area contributed by atoms with Crippen LogP contribution in [-0.4, -0.2) is 29.6 Å². The normalized spacial score (nSPS) is 25.8. The average Bonchev–Trinajstić information content (AvgIpc) is 2.57. The summed E-state index contributed by atoms with van der Waals surface area (Å²) in [5.41, 5.74) is -1.24. The van der Waals surface area contributed by atoms with Gasteiger partial charge in [-0.2, -0.15) is 5.26 Å². The van der Waals surface area contributed by atoms with E-state index in [2.05, 4.69) is 12.1 Å². The maximum absolute atomic E-state index is 13.0. The molecule has 24 heavy (non-hydrogen) atoms. The van der Waals surface area contributed by atoms with Crippen LogP contribution >= 0.6 is 7.60 Å². The molecule has 132 valence electrons. The predicted octanol–water partition coefficient (Wildman–Crippen LogP) is 4.23. The standard InChI is InChI=1S/C18H26NO4P/c1-3-22-24(21,23-4-2)17(14-19)18(20)12-10-16(11-13-18)15-8-6-5-7-9-15/h5-9,16-17,20H,3-4,10-13H2,1-2H3. The molecule has 2 rings (SSSR count). The van der Waals surface area contributed by atoms with E-state index < -0.39 is 18.9 Å². The first-order chi connectivity index (χ1) is 11.5. The van der Waals surface area contributed by atoms with E-state index in [1.807, 2.05) is 24.3 Å². The van der Waals surface area contributed by atoms with Crippen LogP contribution in [-0.2, 0) is 13.6 Å². The molecule has 1 aromatic rings. The lowest BCUT2D eigenvalue weighted by Crippen LogP contribution is -2.44. The summed E-state index contributed by atoms with van der Waals surface area (Å²) in [5, 5.41) is 20.6. The van der Waals surface area contributed by atoms with Crippen molar-refractivity contribution in [3.8, 4) is 6.07 Å². The van der Waals surface area contributed by atoms with Crippen LogP contribution in [0.3, 0.4) is 0 Å². The molecule has 0 heterocycles. The van der Waals surface area contributed by atoms with E-state index in [1.165, 1.54) is 5.56 Å². The molecule has 0 spiro atoms. The van der Waals surface area contributed by atoms with Crippen LogP contribution in [0.25, 0.3) is 0 Å². The van der Waals surface area contributed by atoms with Crippen LogP contribution in [0.4, 0.5) is 0 Å². The van der Waals surface area contributed by atoms with Gasteiger partial charge in [0.1, 0.15) is 0 Å². The van der Waals surface area contributed by atoms with Gasteiger partial charge in [0.25, 0.3) is 0 Å². The molecule has 1 aliphatic carbocycles. The third kappa shape index (κ3) is 4.07. The maximum atomic E-state index is 13.0. The van der Waals surface area contributed by atoms with Crippen LogP contribution in [0.15, 0.2) is 30.3 Å². The molecule has 1 unspecified atom stereocenters. The minimum Gasteiger partial charge on any atom is -0.388 e. The molecule has 1 aliphatic rings. The third-order valence-corrected chi connectivity index (χ3v) is 7.15. The fraction of sp³-hybridized carbons (Fsp3) is 0.611. The Morgan fingerprint density at radius 3 is 2.25 bits per heavy atom. The molecule has 0 saturated heterocycles. The first-order valence-electron chi connectivity index (χ1n) is 8.55. The van der Waals surface area contributed by atoms with Gasteiger partial charge in [-0.25, -0.2) is 0 Å². The van der Waals surface area contributed by atoms with E-state index in [-0.39, 0.29) is 13.2 Å². The number of rotatable bonds is 7. The van der Waals surface area contributed by atoms with E-state index in [0.717, 1.165) is 12.8 Å². The first-order valence-corrected chi connectivity index (χ1v) is 10.2. The highest BCUT2D eigenvalue weighted by Crippen LogP contribution is 2.59. The van der Waals surface area contributed by atoms with Gasteiger partial charge in [-0.15, -0.1) is 0 Å². The van der Waals surface area contributed by atoms with E-state index in [9.17, 15) is 14.9 Å². The highest BCUT2D eigenvalue weighted by Gasteiger charge is 2.51. The second-order valence-electron chi connectivity index (χ2n) is 6.20. The maximum Gasteiger partial charge on any atom is 0.350 e. The fourth-order valence-corrected chi connectivity index (χ4v) is 5.56. The van der Waals surface area contributed by atoms with Gasteiger partial charge in [0.15, 0.2) is 5.66 Å². The first kappa shape index (κ1) is 19.1. The Hall–Kier alpha value is -1.18. The molecule has 1 atom stereocenters. The summed E-state index contributed by atoms with van der Waals surface area (Å²) in [6.07, 6.45) is 2.32. The summed E-state index contributed by atoms with van der Waals surface area (Å²) < 4.78 is 23.6. The van der Waals surface area contributed by atoms with Crippen LogP contribution in [0.2, 0.25) is 0 Å². The zero-order valence-electron chi connectivity index (χ0n) is 14.4. The summed E-state index contributed by atoms with van der Waals surface area (Å²) in [5.74, 6) is 0.351. The van der Waals surface area contributed by atoms with Gasteiger partial charge in [0, 0.05) is 0 Å². The summed E-state index contributed by atoms with van der Waals surface area (Å²) in [7, 11) is -3.67. The van der Waals surface area contributed by atoms with Crippen molar-refractivity contribution >= 4 is 7.60 Å². The van der Waals surface area contributed by atoms with Gasteiger partial charge >= 0.3 is 7.60 Å². The number of hydrogen-bond donors (Lipinski definition) is 1. The van der Waals surface area contributed by atoms with Crippen molar-refractivity contribution in [2.45, 2.75) is 56.7 Å². The molecule has 1 fully saturated rings.